The summed E-state index contributed by atoms with van der Waals surface area (Å²) in [6.45, 7) is 0.508. The number of ether oxygens (including phenoxy) is 2. The average molecular weight is 355 g/mol. The molecule has 0 N–H and O–H groups in total. The molecule has 3 aromatic rings. The molecule has 1 heterocycles. The predicted octanol–water partition coefficient (Wildman–Crippen LogP) is 4.70. The van der Waals surface area contributed by atoms with Gasteiger partial charge in [-0.3, -0.25) is 4.79 Å². The number of hydrogen-bond acceptors (Lipinski definition) is 4. The van der Waals surface area contributed by atoms with Gasteiger partial charge in [0.25, 0.3) is 0 Å². The van der Waals surface area contributed by atoms with Crippen LogP contribution in [0.5, 0.6) is 11.5 Å². The Kier molecular flexibility index (Phi) is 4.59. The van der Waals surface area contributed by atoms with Crippen LogP contribution in [0.3, 0.4) is 0 Å². The molecule has 27 heavy (non-hydrogen) atoms. The molecular formula is C23H17NO3. The highest BCUT2D eigenvalue weighted by Gasteiger charge is 2.29. The molecule has 1 aliphatic heterocycles. The molecule has 4 rings (SSSR count). The molecule has 0 aromatic heterocycles. The average Bonchev–Trinajstić information content (AvgIpc) is 2.74. The molecule has 0 bridgehead atoms. The number of para-hydroxylation sites is 1. The zero-order valence-electron chi connectivity index (χ0n) is 14.6. The fourth-order valence-corrected chi connectivity index (χ4v) is 3.23. The molecule has 1 unspecified atom stereocenters. The summed E-state index contributed by atoms with van der Waals surface area (Å²) in [5.41, 5.74) is 3.50. The van der Waals surface area contributed by atoms with Crippen LogP contribution in [0.4, 0.5) is 0 Å². The SMILES string of the molecule is N#Cc1ccc(-c2ccc(OC(=O)C3CCOc4ccccc43)cc2)cc1. The Labute approximate surface area is 157 Å². The Hall–Kier alpha value is -3.58. The van der Waals surface area contributed by atoms with E-state index in [4.69, 9.17) is 14.7 Å². The van der Waals surface area contributed by atoms with Gasteiger partial charge >= 0.3 is 5.97 Å². The largest absolute Gasteiger partial charge is 0.493 e. The Morgan fingerprint density at radius 1 is 0.963 bits per heavy atom. The molecule has 1 aliphatic rings. The van der Waals surface area contributed by atoms with E-state index in [1.807, 2.05) is 48.5 Å². The molecule has 4 nitrogen and oxygen atoms in total. The van der Waals surface area contributed by atoms with Crippen molar-refractivity contribution >= 4 is 5.97 Å². The van der Waals surface area contributed by atoms with E-state index in [9.17, 15) is 4.79 Å². The lowest BCUT2D eigenvalue weighted by atomic mass is 9.93. The molecule has 3 aromatic carbocycles. The van der Waals surface area contributed by atoms with E-state index in [1.165, 1.54) is 0 Å². The smallest absolute Gasteiger partial charge is 0.319 e. The fraction of sp³-hybridized carbons (Fsp3) is 0.130. The molecule has 0 amide bonds. The first kappa shape index (κ1) is 16.9. The lowest BCUT2D eigenvalue weighted by molar-refractivity contribution is -0.136. The zero-order chi connectivity index (χ0) is 18.6. The van der Waals surface area contributed by atoms with E-state index in [0.717, 1.165) is 22.4 Å². The van der Waals surface area contributed by atoms with E-state index in [2.05, 4.69) is 6.07 Å². The van der Waals surface area contributed by atoms with Crippen LogP contribution in [-0.4, -0.2) is 12.6 Å². The second-order valence-corrected chi connectivity index (χ2v) is 6.36. The standard InChI is InChI=1S/C23H17NO3/c24-15-16-5-7-17(8-6-16)18-9-11-19(12-10-18)27-23(25)21-13-14-26-22-4-2-1-3-20(21)22/h1-12,21H,13-14H2. The third-order valence-electron chi connectivity index (χ3n) is 4.66. The van der Waals surface area contributed by atoms with Crippen LogP contribution in [0, 0.1) is 11.3 Å². The second-order valence-electron chi connectivity index (χ2n) is 6.36. The van der Waals surface area contributed by atoms with Crippen LogP contribution in [0.25, 0.3) is 11.1 Å². The second kappa shape index (κ2) is 7.35. The van der Waals surface area contributed by atoms with Crippen molar-refractivity contribution in [1.82, 2.24) is 0 Å². The van der Waals surface area contributed by atoms with Gasteiger partial charge in [0, 0.05) is 5.56 Å². The Balaban J connectivity index is 1.49. The minimum atomic E-state index is -0.312. The van der Waals surface area contributed by atoms with Crippen molar-refractivity contribution in [3.8, 4) is 28.7 Å². The number of fused-ring (bicyclic) bond motifs is 1. The zero-order valence-corrected chi connectivity index (χ0v) is 14.6. The summed E-state index contributed by atoms with van der Waals surface area (Å²) in [5, 5.41) is 8.88. The van der Waals surface area contributed by atoms with Gasteiger partial charge in [0.05, 0.1) is 24.2 Å². The predicted molar refractivity (Wildman–Crippen MR) is 102 cm³/mol. The summed E-state index contributed by atoms with van der Waals surface area (Å²) >= 11 is 0. The van der Waals surface area contributed by atoms with Crippen LogP contribution in [0.2, 0.25) is 0 Å². The van der Waals surface area contributed by atoms with Gasteiger partial charge in [-0.05, 0) is 47.9 Å². The third kappa shape index (κ3) is 3.54. The van der Waals surface area contributed by atoms with Gasteiger partial charge in [-0.15, -0.1) is 0 Å². The number of esters is 1. The monoisotopic (exact) mass is 355 g/mol. The van der Waals surface area contributed by atoms with Gasteiger partial charge in [-0.25, -0.2) is 0 Å². The molecule has 0 saturated heterocycles. The number of hydrogen-bond donors (Lipinski definition) is 0. The summed E-state index contributed by atoms with van der Waals surface area (Å²) in [7, 11) is 0. The van der Waals surface area contributed by atoms with Crippen molar-refractivity contribution in [3.63, 3.8) is 0 Å². The number of nitrogens with zero attached hydrogens (tertiary/aromatic N) is 1. The Morgan fingerprint density at radius 3 is 2.33 bits per heavy atom. The summed E-state index contributed by atoms with van der Waals surface area (Å²) in [6.07, 6.45) is 0.610. The molecule has 0 fully saturated rings. The summed E-state index contributed by atoms with van der Waals surface area (Å²) in [4.78, 5) is 12.6. The lowest BCUT2D eigenvalue weighted by Crippen LogP contribution is -2.24. The van der Waals surface area contributed by atoms with E-state index in [0.29, 0.717) is 24.3 Å². The highest BCUT2D eigenvalue weighted by Crippen LogP contribution is 2.34. The number of carbonyl (C=O) groups excluding carboxylic acids is 1. The fourth-order valence-electron chi connectivity index (χ4n) is 3.23. The van der Waals surface area contributed by atoms with Gasteiger partial charge in [0.2, 0.25) is 0 Å². The van der Waals surface area contributed by atoms with Crippen molar-refractivity contribution in [1.29, 1.82) is 5.26 Å². The first-order chi connectivity index (χ1) is 13.2. The van der Waals surface area contributed by atoms with Crippen LogP contribution < -0.4 is 9.47 Å². The molecule has 4 heteroatoms. The number of carbonyl (C=O) groups is 1. The van der Waals surface area contributed by atoms with Gasteiger partial charge in [0.1, 0.15) is 11.5 Å². The van der Waals surface area contributed by atoms with Gasteiger partial charge in [0.15, 0.2) is 0 Å². The third-order valence-corrected chi connectivity index (χ3v) is 4.66. The molecule has 0 aliphatic carbocycles. The van der Waals surface area contributed by atoms with Gasteiger partial charge in [-0.2, -0.15) is 5.26 Å². The van der Waals surface area contributed by atoms with Crippen molar-refractivity contribution < 1.29 is 14.3 Å². The first-order valence-corrected chi connectivity index (χ1v) is 8.78. The van der Waals surface area contributed by atoms with Crippen LogP contribution in [0.15, 0.2) is 72.8 Å². The summed E-state index contributed by atoms with van der Waals surface area (Å²) < 4.78 is 11.2. The van der Waals surface area contributed by atoms with Crippen LogP contribution >= 0.6 is 0 Å². The lowest BCUT2D eigenvalue weighted by Gasteiger charge is -2.24. The quantitative estimate of drug-likeness (QED) is 0.505. The maximum absolute atomic E-state index is 12.6. The van der Waals surface area contributed by atoms with Crippen molar-refractivity contribution in [2.45, 2.75) is 12.3 Å². The minimum absolute atomic E-state index is 0.267. The molecule has 132 valence electrons. The number of benzene rings is 3. The maximum atomic E-state index is 12.6. The normalized spacial score (nSPS) is 15.1. The molecule has 0 radical (unpaired) electrons. The van der Waals surface area contributed by atoms with Crippen LogP contribution in [0.1, 0.15) is 23.5 Å². The van der Waals surface area contributed by atoms with Crippen molar-refractivity contribution in [3.05, 3.63) is 83.9 Å². The number of rotatable bonds is 3. The highest BCUT2D eigenvalue weighted by atomic mass is 16.5. The van der Waals surface area contributed by atoms with Gasteiger partial charge in [-0.1, -0.05) is 42.5 Å². The minimum Gasteiger partial charge on any atom is -0.493 e. The maximum Gasteiger partial charge on any atom is 0.319 e. The molecular weight excluding hydrogens is 338 g/mol. The van der Waals surface area contributed by atoms with Crippen molar-refractivity contribution in [2.24, 2.45) is 0 Å². The van der Waals surface area contributed by atoms with E-state index in [-0.39, 0.29) is 11.9 Å². The van der Waals surface area contributed by atoms with E-state index in [1.54, 1.807) is 24.3 Å². The van der Waals surface area contributed by atoms with E-state index >= 15 is 0 Å². The first-order valence-electron chi connectivity index (χ1n) is 8.78. The number of nitriles is 1. The summed E-state index contributed by atoms with van der Waals surface area (Å²) in [6, 6.07) is 24.5. The summed E-state index contributed by atoms with van der Waals surface area (Å²) in [5.74, 6) is 0.688. The van der Waals surface area contributed by atoms with E-state index < -0.39 is 0 Å². The molecule has 1 atom stereocenters. The van der Waals surface area contributed by atoms with Crippen molar-refractivity contribution in [2.75, 3.05) is 6.61 Å². The highest BCUT2D eigenvalue weighted by molar-refractivity contribution is 5.81. The Morgan fingerprint density at radius 2 is 1.63 bits per heavy atom. The molecule has 0 saturated carbocycles. The van der Waals surface area contributed by atoms with Gasteiger partial charge < -0.3 is 9.47 Å². The van der Waals surface area contributed by atoms with Crippen LogP contribution in [-0.2, 0) is 4.79 Å². The topological polar surface area (TPSA) is 59.3 Å². The molecule has 0 spiro atoms. The Bertz CT molecular complexity index is 1000.